The van der Waals surface area contributed by atoms with Gasteiger partial charge in [-0.15, -0.1) is 10.2 Å². The smallest absolute Gasteiger partial charge is 0.226 e. The van der Waals surface area contributed by atoms with Crippen LogP contribution >= 0.6 is 0 Å². The predicted molar refractivity (Wildman–Crippen MR) is 48.2 cm³/mol. The van der Waals surface area contributed by atoms with E-state index in [0.717, 1.165) is 31.8 Å². The molecule has 0 aromatic carbocycles. The van der Waals surface area contributed by atoms with Gasteiger partial charge in [0.05, 0.1) is 6.54 Å². The van der Waals surface area contributed by atoms with E-state index in [-0.39, 0.29) is 0 Å². The minimum Gasteiger partial charge on any atom is -0.333 e. The summed E-state index contributed by atoms with van der Waals surface area (Å²) in [6.45, 7) is 2.27. The number of nitrogens with zero attached hydrogens (tertiary/aromatic N) is 4. The zero-order valence-corrected chi connectivity index (χ0v) is 7.89. The summed E-state index contributed by atoms with van der Waals surface area (Å²) in [7, 11) is 0. The number of carbonyl (C=O) groups is 1. The number of carbonyl (C=O) groups excluding carboxylic acids is 1. The molecule has 2 heterocycles. The van der Waals surface area contributed by atoms with Crippen LogP contribution < -0.4 is 0 Å². The van der Waals surface area contributed by atoms with Crippen LogP contribution in [0.25, 0.3) is 0 Å². The molecule has 0 N–H and O–H groups in total. The number of hydrogen-bond acceptors (Lipinski definition) is 3. The second-order valence-electron chi connectivity index (χ2n) is 3.97. The first kappa shape index (κ1) is 7.96. The second-order valence-corrected chi connectivity index (χ2v) is 3.97. The SMILES string of the molecule is O=C(C1CC1)N1CCn2cnnc2C1. The molecule has 1 aromatic rings. The number of fused-ring (bicyclic) bond motifs is 1. The Balaban J connectivity index is 1.77. The summed E-state index contributed by atoms with van der Waals surface area (Å²) in [4.78, 5) is 13.7. The van der Waals surface area contributed by atoms with Gasteiger partial charge in [0.2, 0.25) is 5.91 Å². The lowest BCUT2D eigenvalue weighted by Gasteiger charge is -2.27. The summed E-state index contributed by atoms with van der Waals surface area (Å²) in [5.41, 5.74) is 0. The summed E-state index contributed by atoms with van der Waals surface area (Å²) in [6.07, 6.45) is 3.87. The summed E-state index contributed by atoms with van der Waals surface area (Å²) in [6, 6.07) is 0. The van der Waals surface area contributed by atoms with Crippen molar-refractivity contribution in [2.45, 2.75) is 25.9 Å². The molecule has 5 nitrogen and oxygen atoms in total. The third kappa shape index (κ3) is 1.20. The fourth-order valence-corrected chi connectivity index (χ4v) is 1.84. The monoisotopic (exact) mass is 192 g/mol. The van der Waals surface area contributed by atoms with Crippen molar-refractivity contribution in [2.75, 3.05) is 6.54 Å². The average molecular weight is 192 g/mol. The highest BCUT2D eigenvalue weighted by molar-refractivity contribution is 5.81. The summed E-state index contributed by atoms with van der Waals surface area (Å²) in [5.74, 6) is 1.52. The molecular weight excluding hydrogens is 180 g/mol. The summed E-state index contributed by atoms with van der Waals surface area (Å²) < 4.78 is 2.01. The van der Waals surface area contributed by atoms with E-state index in [1.807, 2.05) is 9.47 Å². The van der Waals surface area contributed by atoms with Crippen molar-refractivity contribution in [3.8, 4) is 0 Å². The molecule has 1 aliphatic carbocycles. The third-order valence-electron chi connectivity index (χ3n) is 2.88. The maximum Gasteiger partial charge on any atom is 0.226 e. The number of aromatic nitrogens is 3. The van der Waals surface area contributed by atoms with E-state index < -0.39 is 0 Å². The molecule has 1 saturated carbocycles. The maximum absolute atomic E-state index is 11.8. The van der Waals surface area contributed by atoms with Crippen molar-refractivity contribution in [3.63, 3.8) is 0 Å². The minimum absolute atomic E-state index is 0.305. The van der Waals surface area contributed by atoms with E-state index in [4.69, 9.17) is 0 Å². The highest BCUT2D eigenvalue weighted by atomic mass is 16.2. The summed E-state index contributed by atoms with van der Waals surface area (Å²) in [5, 5.41) is 7.82. The van der Waals surface area contributed by atoms with Gasteiger partial charge in [-0.2, -0.15) is 0 Å². The standard InChI is InChI=1S/C9H12N4O/c14-9(7-1-2-7)12-3-4-13-6-10-11-8(13)5-12/h6-7H,1-5H2. The first-order chi connectivity index (χ1) is 6.84. The van der Waals surface area contributed by atoms with E-state index in [1.54, 1.807) is 6.33 Å². The van der Waals surface area contributed by atoms with Crippen LogP contribution in [0.2, 0.25) is 0 Å². The van der Waals surface area contributed by atoms with Gasteiger partial charge in [0.15, 0.2) is 5.82 Å². The average Bonchev–Trinajstić information content (AvgIpc) is 2.95. The Bertz CT molecular complexity index is 369. The van der Waals surface area contributed by atoms with Gasteiger partial charge in [-0.25, -0.2) is 0 Å². The third-order valence-corrected chi connectivity index (χ3v) is 2.88. The second kappa shape index (κ2) is 2.80. The van der Waals surface area contributed by atoms with Crippen LogP contribution in [0.15, 0.2) is 6.33 Å². The molecule has 0 unspecified atom stereocenters. The van der Waals surface area contributed by atoms with Crippen LogP contribution in [0.3, 0.4) is 0 Å². The molecule has 74 valence electrons. The first-order valence-electron chi connectivity index (χ1n) is 5.00. The van der Waals surface area contributed by atoms with Crippen LogP contribution in [-0.4, -0.2) is 32.1 Å². The highest BCUT2D eigenvalue weighted by Gasteiger charge is 2.34. The van der Waals surface area contributed by atoms with Gasteiger partial charge in [-0.1, -0.05) is 0 Å². The fourth-order valence-electron chi connectivity index (χ4n) is 1.84. The van der Waals surface area contributed by atoms with E-state index >= 15 is 0 Å². The predicted octanol–water partition coefficient (Wildman–Crippen LogP) is 0.0303. The van der Waals surface area contributed by atoms with E-state index in [0.29, 0.717) is 18.4 Å². The fraction of sp³-hybridized carbons (Fsp3) is 0.667. The zero-order valence-electron chi connectivity index (χ0n) is 7.89. The lowest BCUT2D eigenvalue weighted by Crippen LogP contribution is -2.39. The van der Waals surface area contributed by atoms with Gasteiger partial charge in [0.25, 0.3) is 0 Å². The lowest BCUT2D eigenvalue weighted by atomic mass is 10.3. The first-order valence-corrected chi connectivity index (χ1v) is 5.00. The summed E-state index contributed by atoms with van der Waals surface area (Å²) >= 11 is 0. The van der Waals surface area contributed by atoms with Crippen LogP contribution in [0.1, 0.15) is 18.7 Å². The molecule has 0 radical (unpaired) electrons. The molecular formula is C9H12N4O. The van der Waals surface area contributed by atoms with Gasteiger partial charge in [-0.05, 0) is 12.8 Å². The Morgan fingerprint density at radius 2 is 2.29 bits per heavy atom. The molecule has 0 bridgehead atoms. The Labute approximate surface area is 81.7 Å². The van der Waals surface area contributed by atoms with Crippen LogP contribution in [0.5, 0.6) is 0 Å². The van der Waals surface area contributed by atoms with E-state index in [9.17, 15) is 4.79 Å². The topological polar surface area (TPSA) is 51.0 Å². The largest absolute Gasteiger partial charge is 0.333 e. The number of amides is 1. The molecule has 1 aliphatic heterocycles. The molecule has 1 fully saturated rings. The van der Waals surface area contributed by atoms with Crippen molar-refractivity contribution < 1.29 is 4.79 Å². The Hall–Kier alpha value is -1.39. The van der Waals surface area contributed by atoms with Gasteiger partial charge in [0, 0.05) is 19.0 Å². The molecule has 0 spiro atoms. The molecule has 0 saturated heterocycles. The molecule has 5 heteroatoms. The molecule has 3 rings (SSSR count). The number of hydrogen-bond donors (Lipinski definition) is 0. The molecule has 2 aliphatic rings. The van der Waals surface area contributed by atoms with E-state index in [2.05, 4.69) is 10.2 Å². The Morgan fingerprint density at radius 1 is 1.43 bits per heavy atom. The van der Waals surface area contributed by atoms with Crippen LogP contribution in [0.4, 0.5) is 0 Å². The van der Waals surface area contributed by atoms with Crippen molar-refractivity contribution in [3.05, 3.63) is 12.2 Å². The minimum atomic E-state index is 0.305. The van der Waals surface area contributed by atoms with Gasteiger partial charge >= 0.3 is 0 Å². The molecule has 14 heavy (non-hydrogen) atoms. The lowest BCUT2D eigenvalue weighted by molar-refractivity contribution is -0.134. The van der Waals surface area contributed by atoms with Gasteiger partial charge in [-0.3, -0.25) is 4.79 Å². The highest BCUT2D eigenvalue weighted by Crippen LogP contribution is 2.31. The normalized spacial score (nSPS) is 20.7. The maximum atomic E-state index is 11.8. The van der Waals surface area contributed by atoms with Gasteiger partial charge < -0.3 is 9.47 Å². The van der Waals surface area contributed by atoms with Gasteiger partial charge in [0.1, 0.15) is 6.33 Å². The van der Waals surface area contributed by atoms with Crippen LogP contribution in [-0.2, 0) is 17.9 Å². The quantitative estimate of drug-likeness (QED) is 0.630. The number of rotatable bonds is 1. The van der Waals surface area contributed by atoms with Crippen molar-refractivity contribution in [2.24, 2.45) is 5.92 Å². The van der Waals surface area contributed by atoms with Crippen molar-refractivity contribution >= 4 is 5.91 Å². The molecule has 1 aromatic heterocycles. The molecule has 1 amide bonds. The van der Waals surface area contributed by atoms with Crippen molar-refractivity contribution in [1.82, 2.24) is 19.7 Å². The molecule has 0 atom stereocenters. The van der Waals surface area contributed by atoms with Crippen molar-refractivity contribution in [1.29, 1.82) is 0 Å². The van der Waals surface area contributed by atoms with Crippen LogP contribution in [0, 0.1) is 5.92 Å². The Kier molecular flexibility index (Phi) is 1.59. The zero-order chi connectivity index (χ0) is 9.54. The van der Waals surface area contributed by atoms with E-state index in [1.165, 1.54) is 0 Å². The Morgan fingerprint density at radius 3 is 3.07 bits per heavy atom.